The molecule has 0 unspecified atom stereocenters. The van der Waals surface area contributed by atoms with E-state index < -0.39 is 0 Å². The van der Waals surface area contributed by atoms with Gasteiger partial charge in [0, 0.05) is 12.3 Å². The smallest absolute Gasteiger partial charge is 0.151 e. The number of para-hydroxylation sites is 1. The molecular formula is C13H15ClFN3O. The molecule has 2 heterocycles. The van der Waals surface area contributed by atoms with Gasteiger partial charge in [-0.1, -0.05) is 6.07 Å². The molecule has 4 nitrogen and oxygen atoms in total. The van der Waals surface area contributed by atoms with E-state index in [0.29, 0.717) is 31.0 Å². The van der Waals surface area contributed by atoms with Gasteiger partial charge in [-0.05, 0) is 12.1 Å². The van der Waals surface area contributed by atoms with Crippen LogP contribution >= 0.6 is 11.6 Å². The molecule has 1 fully saturated rings. The van der Waals surface area contributed by atoms with Crippen molar-refractivity contribution in [2.75, 3.05) is 37.2 Å². The number of nitrogens with zero attached hydrogens (tertiary/aromatic N) is 3. The number of morpholine rings is 1. The highest BCUT2D eigenvalue weighted by atomic mass is 35.5. The quantitative estimate of drug-likeness (QED) is 0.807. The van der Waals surface area contributed by atoms with Gasteiger partial charge in [0.25, 0.3) is 0 Å². The Hall–Kier alpha value is -1.33. The molecule has 0 amide bonds. The zero-order valence-corrected chi connectivity index (χ0v) is 11.2. The number of rotatable bonds is 3. The highest BCUT2D eigenvalue weighted by molar-refractivity contribution is 6.17. The minimum Gasteiger partial charge on any atom is -0.378 e. The molecule has 0 N–H and O–H groups in total. The lowest BCUT2D eigenvalue weighted by Crippen LogP contribution is -2.44. The fraction of sp³-hybridized carbons (Fsp3) is 0.462. The highest BCUT2D eigenvalue weighted by Gasteiger charge is 2.19. The maximum absolute atomic E-state index is 13.8. The molecule has 102 valence electrons. The van der Waals surface area contributed by atoms with Crippen LogP contribution in [0.15, 0.2) is 18.2 Å². The van der Waals surface area contributed by atoms with Crippen molar-refractivity contribution in [2.24, 2.45) is 0 Å². The van der Waals surface area contributed by atoms with Gasteiger partial charge in [0.2, 0.25) is 0 Å². The summed E-state index contributed by atoms with van der Waals surface area (Å²) in [4.78, 5) is 4.40. The summed E-state index contributed by atoms with van der Waals surface area (Å²) in [6.07, 6.45) is 0.618. The molecule has 0 aliphatic carbocycles. The van der Waals surface area contributed by atoms with Crippen LogP contribution in [-0.4, -0.2) is 41.8 Å². The van der Waals surface area contributed by atoms with Gasteiger partial charge in [-0.25, -0.2) is 14.1 Å². The predicted molar refractivity (Wildman–Crippen MR) is 72.9 cm³/mol. The average molecular weight is 284 g/mol. The monoisotopic (exact) mass is 283 g/mol. The number of ether oxygens (including phenoxy) is 1. The third-order valence-corrected chi connectivity index (χ3v) is 3.46. The van der Waals surface area contributed by atoms with Gasteiger partial charge in [0.05, 0.1) is 31.8 Å². The molecule has 3 rings (SSSR count). The third-order valence-electron chi connectivity index (χ3n) is 3.27. The van der Waals surface area contributed by atoms with Crippen LogP contribution in [0.1, 0.15) is 5.82 Å². The molecule has 19 heavy (non-hydrogen) atoms. The van der Waals surface area contributed by atoms with Crippen LogP contribution in [0.2, 0.25) is 0 Å². The Morgan fingerprint density at radius 1 is 1.32 bits per heavy atom. The Morgan fingerprint density at radius 2 is 2.11 bits per heavy atom. The number of benzene rings is 1. The standard InChI is InChI=1S/C13H15ClFN3O/c14-5-4-12-16-13-10(15)2-1-3-11(13)18(12)17-6-8-19-9-7-17/h1-3H,4-9H2. The minimum absolute atomic E-state index is 0.291. The van der Waals surface area contributed by atoms with E-state index in [2.05, 4.69) is 9.99 Å². The van der Waals surface area contributed by atoms with Crippen molar-refractivity contribution < 1.29 is 9.13 Å². The molecular weight excluding hydrogens is 269 g/mol. The predicted octanol–water partition coefficient (Wildman–Crippen LogP) is 1.92. The largest absolute Gasteiger partial charge is 0.378 e. The van der Waals surface area contributed by atoms with Crippen LogP contribution in [0.4, 0.5) is 4.39 Å². The van der Waals surface area contributed by atoms with E-state index in [0.717, 1.165) is 24.4 Å². The topological polar surface area (TPSA) is 30.3 Å². The van der Waals surface area contributed by atoms with Gasteiger partial charge in [-0.3, -0.25) is 0 Å². The molecule has 0 radical (unpaired) electrons. The number of fused-ring (bicyclic) bond motifs is 1. The molecule has 1 aromatic heterocycles. The molecule has 2 aromatic rings. The van der Waals surface area contributed by atoms with Gasteiger partial charge in [0.15, 0.2) is 5.82 Å². The molecule has 1 aliphatic rings. The molecule has 6 heteroatoms. The normalized spacial score (nSPS) is 16.2. The van der Waals surface area contributed by atoms with Gasteiger partial charge in [0.1, 0.15) is 11.3 Å². The maximum Gasteiger partial charge on any atom is 0.151 e. The van der Waals surface area contributed by atoms with Crippen molar-refractivity contribution in [1.82, 2.24) is 9.66 Å². The Morgan fingerprint density at radius 3 is 2.84 bits per heavy atom. The van der Waals surface area contributed by atoms with Crippen LogP contribution in [0, 0.1) is 5.82 Å². The third kappa shape index (κ3) is 2.28. The van der Waals surface area contributed by atoms with Crippen molar-refractivity contribution in [3.8, 4) is 0 Å². The van der Waals surface area contributed by atoms with E-state index in [1.807, 2.05) is 10.7 Å². The summed E-state index contributed by atoms with van der Waals surface area (Å²) in [6, 6.07) is 5.03. The number of imidazole rings is 1. The summed E-state index contributed by atoms with van der Waals surface area (Å²) >= 11 is 5.82. The summed E-state index contributed by atoms with van der Waals surface area (Å²) in [7, 11) is 0. The molecule has 0 saturated carbocycles. The fourth-order valence-corrected chi connectivity index (χ4v) is 2.59. The van der Waals surface area contributed by atoms with E-state index >= 15 is 0 Å². The number of halogens is 2. The number of alkyl halides is 1. The van der Waals surface area contributed by atoms with Gasteiger partial charge in [-0.2, -0.15) is 0 Å². The first-order valence-electron chi connectivity index (χ1n) is 6.36. The number of hydrogen-bond acceptors (Lipinski definition) is 3. The van der Waals surface area contributed by atoms with Crippen molar-refractivity contribution in [3.63, 3.8) is 0 Å². The van der Waals surface area contributed by atoms with E-state index in [-0.39, 0.29) is 5.82 Å². The second kappa shape index (κ2) is 5.35. The first-order valence-corrected chi connectivity index (χ1v) is 6.89. The van der Waals surface area contributed by atoms with E-state index in [9.17, 15) is 4.39 Å². The molecule has 1 aromatic carbocycles. The highest BCUT2D eigenvalue weighted by Crippen LogP contribution is 2.20. The molecule has 1 saturated heterocycles. The Labute approximate surface area is 115 Å². The first-order chi connectivity index (χ1) is 9.31. The van der Waals surface area contributed by atoms with Gasteiger partial charge < -0.3 is 9.75 Å². The number of hydrogen-bond donors (Lipinski definition) is 0. The van der Waals surface area contributed by atoms with E-state index in [4.69, 9.17) is 16.3 Å². The van der Waals surface area contributed by atoms with Crippen LogP contribution in [0.25, 0.3) is 11.0 Å². The van der Waals surface area contributed by atoms with Crippen molar-refractivity contribution in [3.05, 3.63) is 29.8 Å². The fourth-order valence-electron chi connectivity index (χ4n) is 2.42. The lowest BCUT2D eigenvalue weighted by atomic mass is 10.3. The van der Waals surface area contributed by atoms with Gasteiger partial charge in [-0.15, -0.1) is 11.6 Å². The molecule has 0 bridgehead atoms. The lowest BCUT2D eigenvalue weighted by Gasteiger charge is -2.31. The molecule has 0 spiro atoms. The van der Waals surface area contributed by atoms with Crippen LogP contribution in [0.3, 0.4) is 0 Å². The van der Waals surface area contributed by atoms with Crippen LogP contribution in [-0.2, 0) is 11.2 Å². The molecule has 0 atom stereocenters. The average Bonchev–Trinajstić information content (AvgIpc) is 2.80. The number of aryl methyl sites for hydroxylation is 1. The minimum atomic E-state index is -0.291. The summed E-state index contributed by atoms with van der Waals surface area (Å²) in [6.45, 7) is 2.90. The maximum atomic E-state index is 13.8. The Kier molecular flexibility index (Phi) is 3.57. The van der Waals surface area contributed by atoms with Crippen molar-refractivity contribution in [1.29, 1.82) is 0 Å². The summed E-state index contributed by atoms with van der Waals surface area (Å²) in [5.74, 6) is 0.979. The zero-order chi connectivity index (χ0) is 13.2. The van der Waals surface area contributed by atoms with Crippen molar-refractivity contribution >= 4 is 22.6 Å². The SMILES string of the molecule is Fc1cccc2c1nc(CCCl)n2N1CCOCC1. The lowest BCUT2D eigenvalue weighted by molar-refractivity contribution is 0.111. The van der Waals surface area contributed by atoms with Crippen LogP contribution < -0.4 is 5.01 Å². The second-order valence-electron chi connectivity index (χ2n) is 4.45. The summed E-state index contributed by atoms with van der Waals surface area (Å²) in [5, 5.41) is 2.14. The first kappa shape index (κ1) is 12.7. The van der Waals surface area contributed by atoms with E-state index in [1.54, 1.807) is 6.07 Å². The van der Waals surface area contributed by atoms with E-state index in [1.165, 1.54) is 6.07 Å². The summed E-state index contributed by atoms with van der Waals surface area (Å²) < 4.78 is 21.2. The number of aromatic nitrogens is 2. The van der Waals surface area contributed by atoms with Gasteiger partial charge >= 0.3 is 0 Å². The summed E-state index contributed by atoms with van der Waals surface area (Å²) in [5.41, 5.74) is 1.20. The van der Waals surface area contributed by atoms with Crippen LogP contribution in [0.5, 0.6) is 0 Å². The second-order valence-corrected chi connectivity index (χ2v) is 4.83. The zero-order valence-electron chi connectivity index (χ0n) is 10.5. The Balaban J connectivity index is 2.13. The molecule has 1 aliphatic heterocycles. The Bertz CT molecular complexity index is 581. The van der Waals surface area contributed by atoms with Crippen molar-refractivity contribution in [2.45, 2.75) is 6.42 Å².